The molecule has 100 valence electrons. The van der Waals surface area contributed by atoms with Crippen LogP contribution in [0.4, 0.5) is 0 Å². The normalized spacial score (nSPS) is 16.2. The molecule has 1 aliphatic rings. The lowest BCUT2D eigenvalue weighted by atomic mass is 10.1. The Kier molecular flexibility index (Phi) is 4.04. The highest BCUT2D eigenvalue weighted by molar-refractivity contribution is 7.88. The van der Waals surface area contributed by atoms with Gasteiger partial charge in [-0.25, -0.2) is 8.42 Å². The molecule has 4 nitrogen and oxygen atoms in total. The summed E-state index contributed by atoms with van der Waals surface area (Å²) in [6.45, 7) is 2.89. The summed E-state index contributed by atoms with van der Waals surface area (Å²) in [5.41, 5.74) is 7.35. The Bertz CT molecular complexity index is 509. The average molecular weight is 268 g/mol. The summed E-state index contributed by atoms with van der Waals surface area (Å²) < 4.78 is 26.2. The van der Waals surface area contributed by atoms with E-state index in [-0.39, 0.29) is 11.8 Å². The summed E-state index contributed by atoms with van der Waals surface area (Å²) in [5, 5.41) is 0. The molecule has 1 aliphatic carbocycles. The minimum Gasteiger partial charge on any atom is -0.326 e. The van der Waals surface area contributed by atoms with Crippen molar-refractivity contribution in [1.29, 1.82) is 0 Å². The van der Waals surface area contributed by atoms with Gasteiger partial charge in [0.15, 0.2) is 0 Å². The number of rotatable bonds is 6. The maximum atomic E-state index is 12.3. The molecule has 5 heteroatoms. The van der Waals surface area contributed by atoms with E-state index in [0.717, 1.165) is 24.0 Å². The number of nitrogens with two attached hydrogens (primary N) is 1. The van der Waals surface area contributed by atoms with Gasteiger partial charge in [-0.2, -0.15) is 4.31 Å². The van der Waals surface area contributed by atoms with Crippen molar-refractivity contribution in [1.82, 2.24) is 4.31 Å². The van der Waals surface area contributed by atoms with Gasteiger partial charge in [-0.15, -0.1) is 0 Å². The number of sulfonamides is 1. The summed E-state index contributed by atoms with van der Waals surface area (Å²) in [4.78, 5) is 0. The molecule has 0 saturated heterocycles. The van der Waals surface area contributed by atoms with Gasteiger partial charge < -0.3 is 5.73 Å². The summed E-state index contributed by atoms with van der Waals surface area (Å²) in [6.07, 6.45) is 1.99. The van der Waals surface area contributed by atoms with Crippen molar-refractivity contribution in [3.05, 3.63) is 35.4 Å². The largest absolute Gasteiger partial charge is 0.326 e. The third-order valence-electron chi connectivity index (χ3n) is 3.20. The van der Waals surface area contributed by atoms with Crippen molar-refractivity contribution < 1.29 is 8.42 Å². The van der Waals surface area contributed by atoms with Crippen LogP contribution in [0.3, 0.4) is 0 Å². The Morgan fingerprint density at radius 2 is 2.00 bits per heavy atom. The maximum absolute atomic E-state index is 12.3. The van der Waals surface area contributed by atoms with Crippen LogP contribution in [0.2, 0.25) is 0 Å². The summed E-state index contributed by atoms with van der Waals surface area (Å²) >= 11 is 0. The molecule has 1 aromatic carbocycles. The van der Waals surface area contributed by atoms with E-state index in [2.05, 4.69) is 0 Å². The molecule has 0 atom stereocenters. The number of hydrogen-bond acceptors (Lipinski definition) is 3. The quantitative estimate of drug-likeness (QED) is 0.849. The van der Waals surface area contributed by atoms with Crippen LogP contribution in [0, 0.1) is 0 Å². The molecular weight excluding hydrogens is 248 g/mol. The molecular formula is C13H20N2O2S. The zero-order valence-electron chi connectivity index (χ0n) is 10.7. The number of hydrogen-bond donors (Lipinski definition) is 1. The zero-order chi connectivity index (χ0) is 13.2. The fourth-order valence-corrected chi connectivity index (χ4v) is 4.01. The van der Waals surface area contributed by atoms with E-state index in [1.54, 1.807) is 4.31 Å². The first kappa shape index (κ1) is 13.5. The van der Waals surface area contributed by atoms with E-state index in [1.807, 2.05) is 31.2 Å². The molecule has 1 fully saturated rings. The summed E-state index contributed by atoms with van der Waals surface area (Å²) in [7, 11) is -3.19. The van der Waals surface area contributed by atoms with Gasteiger partial charge in [0, 0.05) is 19.1 Å². The van der Waals surface area contributed by atoms with Crippen molar-refractivity contribution in [2.45, 2.75) is 38.1 Å². The summed E-state index contributed by atoms with van der Waals surface area (Å²) in [6, 6.07) is 7.72. The van der Waals surface area contributed by atoms with Crippen LogP contribution in [0.15, 0.2) is 24.3 Å². The molecule has 0 bridgehead atoms. The van der Waals surface area contributed by atoms with Crippen LogP contribution in [0.1, 0.15) is 30.9 Å². The Morgan fingerprint density at radius 3 is 2.56 bits per heavy atom. The van der Waals surface area contributed by atoms with Crippen LogP contribution in [0.5, 0.6) is 0 Å². The molecule has 0 radical (unpaired) electrons. The molecule has 2 N–H and O–H groups in total. The van der Waals surface area contributed by atoms with Gasteiger partial charge >= 0.3 is 0 Å². The second kappa shape index (κ2) is 5.38. The zero-order valence-corrected chi connectivity index (χ0v) is 11.5. The second-order valence-corrected chi connectivity index (χ2v) is 6.64. The van der Waals surface area contributed by atoms with Crippen LogP contribution < -0.4 is 5.73 Å². The predicted molar refractivity (Wildman–Crippen MR) is 72.4 cm³/mol. The van der Waals surface area contributed by atoms with Gasteiger partial charge in [0.1, 0.15) is 0 Å². The molecule has 0 spiro atoms. The van der Waals surface area contributed by atoms with E-state index < -0.39 is 10.0 Å². The highest BCUT2D eigenvalue weighted by Crippen LogP contribution is 2.30. The van der Waals surface area contributed by atoms with E-state index in [0.29, 0.717) is 13.1 Å². The lowest BCUT2D eigenvalue weighted by Gasteiger charge is -2.20. The van der Waals surface area contributed by atoms with Crippen LogP contribution in [-0.4, -0.2) is 25.3 Å². The molecule has 18 heavy (non-hydrogen) atoms. The first-order valence-corrected chi connectivity index (χ1v) is 7.95. The van der Waals surface area contributed by atoms with E-state index >= 15 is 0 Å². The van der Waals surface area contributed by atoms with Crippen molar-refractivity contribution in [2.75, 3.05) is 6.54 Å². The molecule has 2 rings (SSSR count). The molecule has 0 unspecified atom stereocenters. The van der Waals surface area contributed by atoms with E-state index in [1.165, 1.54) is 0 Å². The first-order chi connectivity index (χ1) is 8.56. The fourth-order valence-electron chi connectivity index (χ4n) is 2.18. The Labute approximate surface area is 109 Å². The lowest BCUT2D eigenvalue weighted by molar-refractivity contribution is 0.420. The Morgan fingerprint density at radius 1 is 1.33 bits per heavy atom. The Balaban J connectivity index is 2.15. The summed E-state index contributed by atoms with van der Waals surface area (Å²) in [5.74, 6) is 0.0746. The third-order valence-corrected chi connectivity index (χ3v) is 5.17. The van der Waals surface area contributed by atoms with Gasteiger partial charge in [-0.1, -0.05) is 31.2 Å². The minimum atomic E-state index is -3.19. The minimum absolute atomic E-state index is 0.0746. The van der Waals surface area contributed by atoms with Crippen LogP contribution in [-0.2, 0) is 22.3 Å². The third kappa shape index (κ3) is 3.10. The van der Waals surface area contributed by atoms with E-state index in [4.69, 9.17) is 5.73 Å². The van der Waals surface area contributed by atoms with E-state index in [9.17, 15) is 8.42 Å². The fraction of sp³-hybridized carbons (Fsp3) is 0.538. The number of benzene rings is 1. The lowest BCUT2D eigenvalue weighted by Crippen LogP contribution is -2.33. The van der Waals surface area contributed by atoms with Crippen LogP contribution in [0.25, 0.3) is 0 Å². The molecule has 0 aliphatic heterocycles. The maximum Gasteiger partial charge on any atom is 0.218 e. The standard InChI is InChI=1S/C13H20N2O2S/c1-2-15(13-6-7-13)18(16,17)10-12-5-3-4-11(8-12)9-14/h3-5,8,13H,2,6-7,9-10,14H2,1H3. The van der Waals surface area contributed by atoms with Gasteiger partial charge in [-0.05, 0) is 24.0 Å². The number of nitrogens with zero attached hydrogens (tertiary/aromatic N) is 1. The van der Waals surface area contributed by atoms with Crippen LogP contribution >= 0.6 is 0 Å². The van der Waals surface area contributed by atoms with Gasteiger partial charge in [0.05, 0.1) is 5.75 Å². The van der Waals surface area contributed by atoms with Crippen molar-refractivity contribution in [3.8, 4) is 0 Å². The van der Waals surface area contributed by atoms with Crippen molar-refractivity contribution >= 4 is 10.0 Å². The SMILES string of the molecule is CCN(C1CC1)S(=O)(=O)Cc1cccc(CN)c1. The van der Waals surface area contributed by atoms with Gasteiger partial charge in [0.2, 0.25) is 10.0 Å². The first-order valence-electron chi connectivity index (χ1n) is 6.34. The van der Waals surface area contributed by atoms with Crippen molar-refractivity contribution in [3.63, 3.8) is 0 Å². The molecule has 0 amide bonds. The predicted octanol–water partition coefficient (Wildman–Crippen LogP) is 1.46. The van der Waals surface area contributed by atoms with Gasteiger partial charge in [0.25, 0.3) is 0 Å². The second-order valence-electron chi connectivity index (χ2n) is 4.71. The average Bonchev–Trinajstić information content (AvgIpc) is 3.13. The Hall–Kier alpha value is -0.910. The highest BCUT2D eigenvalue weighted by atomic mass is 32.2. The highest BCUT2D eigenvalue weighted by Gasteiger charge is 2.35. The molecule has 0 heterocycles. The monoisotopic (exact) mass is 268 g/mol. The topological polar surface area (TPSA) is 63.4 Å². The molecule has 0 aromatic heterocycles. The van der Waals surface area contributed by atoms with Gasteiger partial charge in [-0.3, -0.25) is 0 Å². The molecule has 1 saturated carbocycles. The van der Waals surface area contributed by atoms with Crippen molar-refractivity contribution in [2.24, 2.45) is 5.73 Å². The smallest absolute Gasteiger partial charge is 0.218 e. The molecule has 1 aromatic rings.